The molecule has 0 saturated carbocycles. The van der Waals surface area contributed by atoms with E-state index >= 15 is 0 Å². The van der Waals surface area contributed by atoms with E-state index in [0.717, 1.165) is 12.2 Å². The van der Waals surface area contributed by atoms with Crippen molar-refractivity contribution in [3.8, 4) is 0 Å². The third kappa shape index (κ3) is 3.58. The molecule has 1 unspecified atom stereocenters. The maximum Gasteiger partial charge on any atom is 0.0584 e. The Bertz CT molecular complexity index is 304. The summed E-state index contributed by atoms with van der Waals surface area (Å²) in [5, 5.41) is 9.01. The lowest BCUT2D eigenvalue weighted by Gasteiger charge is -2.22. The summed E-state index contributed by atoms with van der Waals surface area (Å²) >= 11 is 0. The number of likely N-dealkylation sites (N-methyl/N-ethyl adjacent to an activating group) is 1. The summed E-state index contributed by atoms with van der Waals surface area (Å²) in [4.78, 5) is 6.23. The van der Waals surface area contributed by atoms with Gasteiger partial charge in [0, 0.05) is 25.3 Å². The highest BCUT2D eigenvalue weighted by Gasteiger charge is 2.08. The van der Waals surface area contributed by atoms with Crippen LogP contribution in [0.2, 0.25) is 0 Å². The highest BCUT2D eigenvalue weighted by atomic mass is 16.3. The van der Waals surface area contributed by atoms with Crippen molar-refractivity contribution in [3.05, 3.63) is 29.6 Å². The van der Waals surface area contributed by atoms with E-state index in [9.17, 15) is 0 Å². The van der Waals surface area contributed by atoms with E-state index in [1.807, 2.05) is 26.1 Å². The van der Waals surface area contributed by atoms with Crippen molar-refractivity contribution in [2.75, 3.05) is 13.7 Å². The summed E-state index contributed by atoms with van der Waals surface area (Å²) in [6.07, 6.45) is 1.77. The van der Waals surface area contributed by atoms with Gasteiger partial charge in [0.1, 0.15) is 0 Å². The molecule has 3 N–H and O–H groups in total. The number of pyridine rings is 1. The van der Waals surface area contributed by atoms with Gasteiger partial charge in [-0.1, -0.05) is 0 Å². The van der Waals surface area contributed by atoms with E-state index in [4.69, 9.17) is 10.8 Å². The molecule has 84 valence electrons. The molecule has 0 saturated heterocycles. The lowest BCUT2D eigenvalue weighted by Crippen LogP contribution is -2.31. The van der Waals surface area contributed by atoms with Gasteiger partial charge in [0.15, 0.2) is 0 Å². The molecule has 15 heavy (non-hydrogen) atoms. The lowest BCUT2D eigenvalue weighted by atomic mass is 10.2. The fourth-order valence-electron chi connectivity index (χ4n) is 1.32. The van der Waals surface area contributed by atoms with Crippen LogP contribution in [0.1, 0.15) is 18.2 Å². The molecule has 0 aliphatic heterocycles. The largest absolute Gasteiger partial charge is 0.395 e. The molecule has 0 amide bonds. The van der Waals surface area contributed by atoms with Crippen LogP contribution in [-0.4, -0.2) is 34.7 Å². The number of hydrogen-bond acceptors (Lipinski definition) is 4. The van der Waals surface area contributed by atoms with Crippen LogP contribution in [-0.2, 0) is 13.1 Å². The van der Waals surface area contributed by atoms with Gasteiger partial charge in [0.2, 0.25) is 0 Å². The predicted octanol–water partition coefficient (Wildman–Crippen LogP) is 0.353. The third-order valence-electron chi connectivity index (χ3n) is 2.54. The summed E-state index contributed by atoms with van der Waals surface area (Å²) in [5.74, 6) is 0. The second-order valence-electron chi connectivity index (χ2n) is 3.81. The summed E-state index contributed by atoms with van der Waals surface area (Å²) in [6, 6.07) is 4.14. The Labute approximate surface area is 90.7 Å². The van der Waals surface area contributed by atoms with Crippen LogP contribution in [0.4, 0.5) is 0 Å². The molecular formula is C11H19N3O. The van der Waals surface area contributed by atoms with Gasteiger partial charge in [-0.05, 0) is 31.7 Å². The van der Waals surface area contributed by atoms with Crippen molar-refractivity contribution in [2.24, 2.45) is 5.73 Å². The Morgan fingerprint density at radius 3 is 2.93 bits per heavy atom. The molecular weight excluding hydrogens is 190 g/mol. The van der Waals surface area contributed by atoms with Crippen LogP contribution >= 0.6 is 0 Å². The van der Waals surface area contributed by atoms with Gasteiger partial charge in [0.25, 0.3) is 0 Å². The number of aromatic nitrogens is 1. The smallest absolute Gasteiger partial charge is 0.0584 e. The highest BCUT2D eigenvalue weighted by Crippen LogP contribution is 2.06. The molecule has 0 aromatic carbocycles. The second-order valence-corrected chi connectivity index (χ2v) is 3.81. The summed E-state index contributed by atoms with van der Waals surface area (Å²) in [6.45, 7) is 3.43. The quantitative estimate of drug-likeness (QED) is 0.734. The molecule has 0 radical (unpaired) electrons. The molecule has 1 aromatic heterocycles. The highest BCUT2D eigenvalue weighted by molar-refractivity contribution is 5.16. The molecule has 4 heteroatoms. The first-order valence-electron chi connectivity index (χ1n) is 5.12. The molecule has 0 bridgehead atoms. The predicted molar refractivity (Wildman–Crippen MR) is 60.1 cm³/mol. The van der Waals surface area contributed by atoms with Crippen LogP contribution in [0.25, 0.3) is 0 Å². The molecule has 0 aliphatic carbocycles. The van der Waals surface area contributed by atoms with Crippen molar-refractivity contribution in [2.45, 2.75) is 26.1 Å². The van der Waals surface area contributed by atoms with Crippen molar-refractivity contribution in [1.82, 2.24) is 9.88 Å². The van der Waals surface area contributed by atoms with Gasteiger partial charge in [-0.3, -0.25) is 9.88 Å². The summed E-state index contributed by atoms with van der Waals surface area (Å²) in [7, 11) is 1.99. The van der Waals surface area contributed by atoms with Gasteiger partial charge in [-0.15, -0.1) is 0 Å². The number of aliphatic hydroxyl groups excluding tert-OH is 1. The zero-order valence-electron chi connectivity index (χ0n) is 9.35. The van der Waals surface area contributed by atoms with Crippen molar-refractivity contribution in [1.29, 1.82) is 0 Å². The van der Waals surface area contributed by atoms with Crippen LogP contribution in [0, 0.1) is 0 Å². The molecule has 0 spiro atoms. The summed E-state index contributed by atoms with van der Waals surface area (Å²) < 4.78 is 0. The number of nitrogens with two attached hydrogens (primary N) is 1. The maximum absolute atomic E-state index is 9.01. The molecule has 1 aromatic rings. The van der Waals surface area contributed by atoms with Crippen molar-refractivity contribution in [3.63, 3.8) is 0 Å². The van der Waals surface area contributed by atoms with Crippen LogP contribution < -0.4 is 5.73 Å². The van der Waals surface area contributed by atoms with Crippen LogP contribution in [0.3, 0.4) is 0 Å². The Morgan fingerprint density at radius 2 is 2.33 bits per heavy atom. The molecule has 1 atom stereocenters. The maximum atomic E-state index is 9.01. The fraction of sp³-hybridized carbons (Fsp3) is 0.545. The minimum Gasteiger partial charge on any atom is -0.395 e. The van der Waals surface area contributed by atoms with E-state index in [0.29, 0.717) is 6.54 Å². The second kappa shape index (κ2) is 5.80. The Hall–Kier alpha value is -0.970. The van der Waals surface area contributed by atoms with Crippen molar-refractivity contribution < 1.29 is 5.11 Å². The van der Waals surface area contributed by atoms with E-state index in [2.05, 4.69) is 9.88 Å². The fourth-order valence-corrected chi connectivity index (χ4v) is 1.32. The molecule has 4 nitrogen and oxygen atoms in total. The third-order valence-corrected chi connectivity index (χ3v) is 2.54. The normalized spacial score (nSPS) is 13.1. The summed E-state index contributed by atoms with van der Waals surface area (Å²) in [5.41, 5.74) is 7.59. The zero-order valence-corrected chi connectivity index (χ0v) is 9.35. The van der Waals surface area contributed by atoms with Gasteiger partial charge < -0.3 is 10.8 Å². The monoisotopic (exact) mass is 209 g/mol. The van der Waals surface area contributed by atoms with E-state index in [1.54, 1.807) is 6.20 Å². The number of aliphatic hydroxyl groups is 1. The van der Waals surface area contributed by atoms with Crippen LogP contribution in [0.15, 0.2) is 18.3 Å². The van der Waals surface area contributed by atoms with Gasteiger partial charge in [-0.2, -0.15) is 0 Å². The molecule has 1 rings (SSSR count). The first-order chi connectivity index (χ1) is 7.17. The molecule has 0 aliphatic rings. The standard InChI is InChI=1S/C11H19N3O/c1-9(8-15)14(2)7-10-3-4-13-11(5-10)6-12/h3-5,9,15H,6-8,12H2,1-2H3. The first kappa shape index (κ1) is 12.1. The number of nitrogens with zero attached hydrogens (tertiary/aromatic N) is 2. The van der Waals surface area contributed by atoms with Crippen molar-refractivity contribution >= 4 is 0 Å². The SMILES string of the molecule is CC(CO)N(C)Cc1ccnc(CN)c1. The molecule has 1 heterocycles. The van der Waals surface area contributed by atoms with Gasteiger partial charge >= 0.3 is 0 Å². The van der Waals surface area contributed by atoms with Gasteiger partial charge in [0.05, 0.1) is 12.3 Å². The minimum atomic E-state index is 0.166. The average molecular weight is 209 g/mol. The molecule has 0 fully saturated rings. The van der Waals surface area contributed by atoms with E-state index in [1.165, 1.54) is 5.56 Å². The zero-order chi connectivity index (χ0) is 11.3. The van der Waals surface area contributed by atoms with Gasteiger partial charge in [-0.25, -0.2) is 0 Å². The topological polar surface area (TPSA) is 62.4 Å². The number of rotatable bonds is 5. The Morgan fingerprint density at radius 1 is 1.60 bits per heavy atom. The average Bonchev–Trinajstić information content (AvgIpc) is 2.28. The lowest BCUT2D eigenvalue weighted by molar-refractivity contribution is 0.154. The first-order valence-corrected chi connectivity index (χ1v) is 5.12. The number of hydrogen-bond donors (Lipinski definition) is 2. The van der Waals surface area contributed by atoms with E-state index < -0.39 is 0 Å². The Balaban J connectivity index is 2.63. The van der Waals surface area contributed by atoms with Crippen LogP contribution in [0.5, 0.6) is 0 Å². The Kier molecular flexibility index (Phi) is 4.68. The minimum absolute atomic E-state index is 0.166. The van der Waals surface area contributed by atoms with E-state index in [-0.39, 0.29) is 12.6 Å².